The highest BCUT2D eigenvalue weighted by Crippen LogP contribution is 2.11. The van der Waals surface area contributed by atoms with Crippen LogP contribution >= 0.6 is 0 Å². The molecule has 88 valence electrons. The van der Waals surface area contributed by atoms with Crippen molar-refractivity contribution in [3.63, 3.8) is 0 Å². The van der Waals surface area contributed by atoms with E-state index in [9.17, 15) is 4.79 Å². The van der Waals surface area contributed by atoms with Gasteiger partial charge in [-0.25, -0.2) is 4.98 Å². The molecule has 0 aromatic carbocycles. The van der Waals surface area contributed by atoms with Crippen molar-refractivity contribution in [3.05, 3.63) is 60.8 Å². The molecule has 0 aliphatic rings. The van der Waals surface area contributed by atoms with E-state index in [1.54, 1.807) is 30.7 Å². The molecule has 5 nitrogen and oxygen atoms in total. The Morgan fingerprint density at radius 1 is 1.11 bits per heavy atom. The second-order valence-corrected chi connectivity index (χ2v) is 3.80. The Morgan fingerprint density at radius 3 is 2.78 bits per heavy atom. The van der Waals surface area contributed by atoms with Crippen LogP contribution in [-0.4, -0.2) is 20.3 Å². The molecule has 0 fully saturated rings. The van der Waals surface area contributed by atoms with Crippen LogP contribution in [0.5, 0.6) is 0 Å². The van der Waals surface area contributed by atoms with Crippen LogP contribution < -0.4 is 5.32 Å². The topological polar surface area (TPSA) is 59.3 Å². The molecule has 3 rings (SSSR count). The van der Waals surface area contributed by atoms with E-state index in [1.165, 1.54) is 0 Å². The molecule has 0 spiro atoms. The van der Waals surface area contributed by atoms with Gasteiger partial charge in [-0.15, -0.1) is 0 Å². The minimum Gasteiger partial charge on any atom is -0.321 e. The number of amides is 1. The van der Waals surface area contributed by atoms with Gasteiger partial charge in [0.1, 0.15) is 5.65 Å². The largest absolute Gasteiger partial charge is 0.321 e. The molecule has 0 bridgehead atoms. The van der Waals surface area contributed by atoms with E-state index < -0.39 is 0 Å². The molecule has 0 aliphatic heterocycles. The van der Waals surface area contributed by atoms with Crippen LogP contribution in [0.2, 0.25) is 0 Å². The molecule has 0 saturated heterocycles. The second-order valence-electron chi connectivity index (χ2n) is 3.80. The summed E-state index contributed by atoms with van der Waals surface area (Å²) in [5.74, 6) is -0.156. The molecule has 1 amide bonds. The zero-order valence-corrected chi connectivity index (χ0v) is 9.45. The Balaban J connectivity index is 1.86. The molecule has 1 N–H and O–H groups in total. The molecule has 0 unspecified atom stereocenters. The van der Waals surface area contributed by atoms with Gasteiger partial charge in [-0.2, -0.15) is 0 Å². The number of carbonyl (C=O) groups excluding carboxylic acids is 1. The smallest absolute Gasteiger partial charge is 0.255 e. The van der Waals surface area contributed by atoms with E-state index in [0.717, 1.165) is 11.3 Å². The summed E-state index contributed by atoms with van der Waals surface area (Å²) in [7, 11) is 0. The number of hydrogen-bond donors (Lipinski definition) is 1. The van der Waals surface area contributed by atoms with E-state index in [-0.39, 0.29) is 5.91 Å². The van der Waals surface area contributed by atoms with Gasteiger partial charge in [-0.3, -0.25) is 9.78 Å². The number of aromatic nitrogens is 3. The summed E-state index contributed by atoms with van der Waals surface area (Å²) in [5, 5.41) is 2.82. The third-order valence-electron chi connectivity index (χ3n) is 2.59. The average molecular weight is 238 g/mol. The Kier molecular flexibility index (Phi) is 2.49. The third kappa shape index (κ3) is 1.93. The summed E-state index contributed by atoms with van der Waals surface area (Å²) < 4.78 is 1.85. The number of carbonyl (C=O) groups is 1. The Bertz CT molecular complexity index is 690. The van der Waals surface area contributed by atoms with E-state index >= 15 is 0 Å². The fourth-order valence-electron chi connectivity index (χ4n) is 1.70. The lowest BCUT2D eigenvalue weighted by molar-refractivity contribution is 0.102. The molecule has 5 heteroatoms. The Morgan fingerprint density at radius 2 is 1.94 bits per heavy atom. The van der Waals surface area contributed by atoms with Crippen LogP contribution in [-0.2, 0) is 0 Å². The third-order valence-corrected chi connectivity index (χ3v) is 2.59. The SMILES string of the molecule is O=C(Nc1ccc2nccn2c1)c1ccncc1. The quantitative estimate of drug-likeness (QED) is 0.742. The van der Waals surface area contributed by atoms with Crippen LogP contribution in [0.3, 0.4) is 0 Å². The first kappa shape index (κ1) is 10.5. The lowest BCUT2D eigenvalue weighted by Crippen LogP contribution is -2.12. The van der Waals surface area contributed by atoms with Gasteiger partial charge in [0.2, 0.25) is 0 Å². The number of rotatable bonds is 2. The van der Waals surface area contributed by atoms with Crippen molar-refractivity contribution in [2.24, 2.45) is 0 Å². The Hall–Kier alpha value is -2.69. The minimum atomic E-state index is -0.156. The molecular formula is C13H10N4O. The maximum atomic E-state index is 11.9. The summed E-state index contributed by atoms with van der Waals surface area (Å²) in [6.07, 6.45) is 8.55. The average Bonchev–Trinajstić information content (AvgIpc) is 2.87. The molecular weight excluding hydrogens is 228 g/mol. The van der Waals surface area contributed by atoms with Gasteiger partial charge in [0.05, 0.1) is 5.69 Å². The van der Waals surface area contributed by atoms with Gasteiger partial charge >= 0.3 is 0 Å². The van der Waals surface area contributed by atoms with Crippen LogP contribution in [0.25, 0.3) is 5.65 Å². The van der Waals surface area contributed by atoms with Crippen molar-refractivity contribution >= 4 is 17.2 Å². The van der Waals surface area contributed by atoms with E-state index in [0.29, 0.717) is 5.56 Å². The monoisotopic (exact) mass is 238 g/mol. The number of fused-ring (bicyclic) bond motifs is 1. The van der Waals surface area contributed by atoms with Crippen molar-refractivity contribution in [3.8, 4) is 0 Å². The van der Waals surface area contributed by atoms with Crippen molar-refractivity contribution < 1.29 is 4.79 Å². The first-order valence-electron chi connectivity index (χ1n) is 5.47. The van der Waals surface area contributed by atoms with Gasteiger partial charge in [0.15, 0.2) is 0 Å². The van der Waals surface area contributed by atoms with Crippen molar-refractivity contribution in [2.45, 2.75) is 0 Å². The summed E-state index contributed by atoms with van der Waals surface area (Å²) in [6, 6.07) is 7.01. The van der Waals surface area contributed by atoms with E-state index in [1.807, 2.05) is 28.9 Å². The molecule has 18 heavy (non-hydrogen) atoms. The molecule has 0 radical (unpaired) electrons. The number of nitrogens with one attached hydrogen (secondary N) is 1. The number of pyridine rings is 2. The zero-order chi connectivity index (χ0) is 12.4. The highest BCUT2D eigenvalue weighted by Gasteiger charge is 2.05. The maximum absolute atomic E-state index is 11.9. The standard InChI is InChI=1S/C13H10N4O/c18-13(10-3-5-14-6-4-10)16-11-1-2-12-15-7-8-17(12)9-11/h1-9H,(H,16,18). The number of imidazole rings is 1. The highest BCUT2D eigenvalue weighted by molar-refractivity contribution is 6.04. The van der Waals surface area contributed by atoms with E-state index in [4.69, 9.17) is 0 Å². The summed E-state index contributed by atoms with van der Waals surface area (Å²) in [6.45, 7) is 0. The van der Waals surface area contributed by atoms with Crippen LogP contribution in [0.4, 0.5) is 5.69 Å². The fourth-order valence-corrected chi connectivity index (χ4v) is 1.70. The molecule has 3 aromatic heterocycles. The van der Waals surface area contributed by atoms with Crippen molar-refractivity contribution in [1.29, 1.82) is 0 Å². The molecule has 0 atom stereocenters. The predicted octanol–water partition coefficient (Wildman–Crippen LogP) is 1.98. The fraction of sp³-hybridized carbons (Fsp3) is 0. The maximum Gasteiger partial charge on any atom is 0.255 e. The van der Waals surface area contributed by atoms with Crippen molar-refractivity contribution in [2.75, 3.05) is 5.32 Å². The molecule has 0 aliphatic carbocycles. The summed E-state index contributed by atoms with van der Waals surface area (Å²) >= 11 is 0. The van der Waals surface area contributed by atoms with Gasteiger partial charge in [-0.05, 0) is 24.3 Å². The zero-order valence-electron chi connectivity index (χ0n) is 9.45. The minimum absolute atomic E-state index is 0.156. The predicted molar refractivity (Wildman–Crippen MR) is 67.4 cm³/mol. The summed E-state index contributed by atoms with van der Waals surface area (Å²) in [4.78, 5) is 19.9. The Labute approximate surface area is 103 Å². The van der Waals surface area contributed by atoms with Gasteiger partial charge in [0.25, 0.3) is 5.91 Å². The molecule has 3 heterocycles. The lowest BCUT2D eigenvalue weighted by Gasteiger charge is -2.05. The number of hydrogen-bond acceptors (Lipinski definition) is 3. The van der Waals surface area contributed by atoms with Gasteiger partial charge < -0.3 is 9.72 Å². The number of nitrogens with zero attached hydrogens (tertiary/aromatic N) is 3. The second kappa shape index (κ2) is 4.29. The highest BCUT2D eigenvalue weighted by atomic mass is 16.1. The van der Waals surface area contributed by atoms with Gasteiger partial charge in [0, 0.05) is 36.5 Å². The molecule has 3 aromatic rings. The normalized spacial score (nSPS) is 10.4. The van der Waals surface area contributed by atoms with Crippen LogP contribution in [0.15, 0.2) is 55.2 Å². The van der Waals surface area contributed by atoms with E-state index in [2.05, 4.69) is 15.3 Å². The van der Waals surface area contributed by atoms with Gasteiger partial charge in [-0.1, -0.05) is 0 Å². The molecule has 0 saturated carbocycles. The first-order chi connectivity index (χ1) is 8.83. The summed E-state index contributed by atoms with van der Waals surface area (Å²) in [5.41, 5.74) is 2.15. The lowest BCUT2D eigenvalue weighted by atomic mass is 10.2. The van der Waals surface area contributed by atoms with Crippen molar-refractivity contribution in [1.82, 2.24) is 14.4 Å². The van der Waals surface area contributed by atoms with Crippen LogP contribution in [0.1, 0.15) is 10.4 Å². The first-order valence-corrected chi connectivity index (χ1v) is 5.47. The van der Waals surface area contributed by atoms with Crippen LogP contribution in [0, 0.1) is 0 Å². The number of anilines is 1.